The Balaban J connectivity index is 2.10. The SMILES string of the molecule is CN1C2CCCC3CC=CC(C32)S1(=O)=O. The number of nitrogens with zero attached hydrogens (tertiary/aromatic N) is 1. The molecule has 1 heterocycles. The van der Waals surface area contributed by atoms with Crippen molar-refractivity contribution in [3.05, 3.63) is 12.2 Å². The third kappa shape index (κ3) is 1.18. The fraction of sp³-hybridized carbons (Fsp3) is 0.818. The molecule has 0 N–H and O–H groups in total. The molecule has 0 amide bonds. The molecular formula is C11H17NO2S. The van der Waals surface area contributed by atoms with E-state index in [9.17, 15) is 8.42 Å². The number of hydrogen-bond donors (Lipinski definition) is 0. The van der Waals surface area contributed by atoms with Gasteiger partial charge in [0.15, 0.2) is 0 Å². The molecule has 0 aromatic rings. The molecule has 4 unspecified atom stereocenters. The van der Waals surface area contributed by atoms with Crippen LogP contribution in [-0.4, -0.2) is 31.1 Å². The molecule has 2 aliphatic carbocycles. The van der Waals surface area contributed by atoms with Crippen molar-refractivity contribution >= 4 is 10.0 Å². The van der Waals surface area contributed by atoms with Crippen LogP contribution in [0.2, 0.25) is 0 Å². The van der Waals surface area contributed by atoms with E-state index >= 15 is 0 Å². The van der Waals surface area contributed by atoms with E-state index in [1.165, 1.54) is 12.8 Å². The van der Waals surface area contributed by atoms with Crippen LogP contribution in [0.3, 0.4) is 0 Å². The third-order valence-electron chi connectivity index (χ3n) is 4.42. The molecule has 0 aromatic heterocycles. The van der Waals surface area contributed by atoms with E-state index < -0.39 is 10.0 Å². The second-order valence-electron chi connectivity index (χ2n) is 5.03. The second-order valence-corrected chi connectivity index (χ2v) is 7.18. The van der Waals surface area contributed by atoms with E-state index in [1.54, 1.807) is 11.4 Å². The maximum absolute atomic E-state index is 12.1. The maximum atomic E-state index is 12.1. The number of rotatable bonds is 0. The van der Waals surface area contributed by atoms with Gasteiger partial charge in [0, 0.05) is 19.0 Å². The molecule has 3 rings (SSSR count). The Morgan fingerprint density at radius 1 is 1.33 bits per heavy atom. The predicted octanol–water partition coefficient (Wildman–Crippen LogP) is 1.38. The van der Waals surface area contributed by atoms with Crippen molar-refractivity contribution in [2.75, 3.05) is 7.05 Å². The van der Waals surface area contributed by atoms with Gasteiger partial charge in [0.2, 0.25) is 10.0 Å². The highest BCUT2D eigenvalue weighted by molar-refractivity contribution is 7.90. The van der Waals surface area contributed by atoms with Crippen LogP contribution in [0.4, 0.5) is 0 Å². The van der Waals surface area contributed by atoms with Gasteiger partial charge >= 0.3 is 0 Å². The lowest BCUT2D eigenvalue weighted by Crippen LogP contribution is -2.38. The van der Waals surface area contributed by atoms with E-state index in [0.29, 0.717) is 11.8 Å². The zero-order valence-electron chi connectivity index (χ0n) is 8.96. The quantitative estimate of drug-likeness (QED) is 0.586. The molecule has 3 aliphatic rings. The van der Waals surface area contributed by atoms with Crippen molar-refractivity contribution in [2.45, 2.75) is 37.0 Å². The number of allylic oxidation sites excluding steroid dienone is 1. The van der Waals surface area contributed by atoms with E-state index in [-0.39, 0.29) is 11.3 Å². The molecule has 4 atom stereocenters. The molecule has 0 bridgehead atoms. The van der Waals surface area contributed by atoms with Crippen molar-refractivity contribution in [3.8, 4) is 0 Å². The van der Waals surface area contributed by atoms with Crippen molar-refractivity contribution in [1.29, 1.82) is 0 Å². The van der Waals surface area contributed by atoms with Crippen LogP contribution >= 0.6 is 0 Å². The van der Waals surface area contributed by atoms with E-state index in [1.807, 2.05) is 6.08 Å². The topological polar surface area (TPSA) is 37.4 Å². The minimum absolute atomic E-state index is 0.216. The molecule has 2 fully saturated rings. The molecule has 1 aliphatic heterocycles. The van der Waals surface area contributed by atoms with Crippen LogP contribution in [0.5, 0.6) is 0 Å². The van der Waals surface area contributed by atoms with Gasteiger partial charge in [-0.2, -0.15) is 0 Å². The second kappa shape index (κ2) is 3.08. The van der Waals surface area contributed by atoms with E-state index in [0.717, 1.165) is 12.8 Å². The molecule has 15 heavy (non-hydrogen) atoms. The van der Waals surface area contributed by atoms with Gasteiger partial charge in [-0.15, -0.1) is 0 Å². The van der Waals surface area contributed by atoms with Gasteiger partial charge in [-0.05, 0) is 25.2 Å². The average molecular weight is 227 g/mol. The molecule has 0 spiro atoms. The van der Waals surface area contributed by atoms with Gasteiger partial charge in [0.1, 0.15) is 0 Å². The van der Waals surface area contributed by atoms with E-state index in [2.05, 4.69) is 6.08 Å². The van der Waals surface area contributed by atoms with Crippen molar-refractivity contribution < 1.29 is 8.42 Å². The molecule has 0 aromatic carbocycles. The van der Waals surface area contributed by atoms with Crippen LogP contribution < -0.4 is 0 Å². The normalized spacial score (nSPS) is 47.8. The first-order valence-electron chi connectivity index (χ1n) is 5.76. The summed E-state index contributed by atoms with van der Waals surface area (Å²) in [6.07, 6.45) is 8.54. The van der Waals surface area contributed by atoms with Crippen molar-refractivity contribution in [3.63, 3.8) is 0 Å². The molecule has 4 heteroatoms. The standard InChI is InChI=1S/C11H17NO2S/c1-12-9-6-2-4-8-5-3-7-10(11(8)9)15(12,13)14/h3,7-11H,2,4-6H2,1H3. The smallest absolute Gasteiger partial charge is 0.212 e. The molecule has 84 valence electrons. The van der Waals surface area contributed by atoms with Crippen LogP contribution in [0, 0.1) is 11.8 Å². The van der Waals surface area contributed by atoms with Gasteiger partial charge in [-0.3, -0.25) is 0 Å². The third-order valence-corrected chi connectivity index (χ3v) is 6.65. The fourth-order valence-corrected chi connectivity index (χ4v) is 5.79. The highest BCUT2D eigenvalue weighted by Gasteiger charge is 2.54. The Morgan fingerprint density at radius 3 is 2.93 bits per heavy atom. The Hall–Kier alpha value is -0.350. The van der Waals surface area contributed by atoms with Gasteiger partial charge in [-0.25, -0.2) is 12.7 Å². The van der Waals surface area contributed by atoms with Crippen LogP contribution in [0.15, 0.2) is 12.2 Å². The first kappa shape index (κ1) is 9.85. The van der Waals surface area contributed by atoms with Gasteiger partial charge in [0.25, 0.3) is 0 Å². The van der Waals surface area contributed by atoms with Gasteiger partial charge < -0.3 is 0 Å². The highest BCUT2D eigenvalue weighted by Crippen LogP contribution is 2.47. The summed E-state index contributed by atoms with van der Waals surface area (Å²) in [4.78, 5) is 0. The Kier molecular flexibility index (Phi) is 2.02. The minimum atomic E-state index is -3.03. The van der Waals surface area contributed by atoms with Crippen molar-refractivity contribution in [1.82, 2.24) is 4.31 Å². The lowest BCUT2D eigenvalue weighted by molar-refractivity contribution is 0.161. The highest BCUT2D eigenvalue weighted by atomic mass is 32.2. The number of hydrogen-bond acceptors (Lipinski definition) is 2. The fourth-order valence-electron chi connectivity index (χ4n) is 3.67. The zero-order valence-corrected chi connectivity index (χ0v) is 9.78. The Morgan fingerprint density at radius 2 is 2.13 bits per heavy atom. The lowest BCUT2D eigenvalue weighted by atomic mass is 9.70. The minimum Gasteiger partial charge on any atom is -0.212 e. The summed E-state index contributed by atoms with van der Waals surface area (Å²) in [5.41, 5.74) is 0. The zero-order chi connectivity index (χ0) is 10.6. The summed E-state index contributed by atoms with van der Waals surface area (Å²) >= 11 is 0. The molecule has 3 nitrogen and oxygen atoms in total. The molecule has 1 saturated carbocycles. The molecule has 0 radical (unpaired) electrons. The molecular weight excluding hydrogens is 210 g/mol. The van der Waals surface area contributed by atoms with Gasteiger partial charge in [-0.1, -0.05) is 18.6 Å². The number of sulfonamides is 1. The summed E-state index contributed by atoms with van der Waals surface area (Å²) in [6.45, 7) is 0. The summed E-state index contributed by atoms with van der Waals surface area (Å²) < 4.78 is 25.9. The summed E-state index contributed by atoms with van der Waals surface area (Å²) in [5, 5.41) is -0.216. The maximum Gasteiger partial charge on any atom is 0.220 e. The summed E-state index contributed by atoms with van der Waals surface area (Å²) in [6, 6.07) is 0.281. The van der Waals surface area contributed by atoms with Gasteiger partial charge in [0.05, 0.1) is 5.25 Å². The van der Waals surface area contributed by atoms with Crippen LogP contribution in [0.1, 0.15) is 25.7 Å². The van der Waals surface area contributed by atoms with Crippen LogP contribution in [0.25, 0.3) is 0 Å². The Bertz CT molecular complexity index is 401. The Labute approximate surface area is 91.2 Å². The monoisotopic (exact) mass is 227 g/mol. The summed E-state index contributed by atoms with van der Waals surface area (Å²) in [5.74, 6) is 0.984. The van der Waals surface area contributed by atoms with E-state index in [4.69, 9.17) is 0 Å². The molecule has 1 saturated heterocycles. The largest absolute Gasteiger partial charge is 0.220 e. The first-order chi connectivity index (χ1) is 7.12. The lowest BCUT2D eigenvalue weighted by Gasteiger charge is -2.37. The van der Waals surface area contributed by atoms with Crippen LogP contribution in [-0.2, 0) is 10.0 Å². The van der Waals surface area contributed by atoms with Crippen molar-refractivity contribution in [2.24, 2.45) is 11.8 Å². The summed E-state index contributed by atoms with van der Waals surface area (Å²) in [7, 11) is -1.28. The average Bonchev–Trinajstić information content (AvgIpc) is 2.43. The first-order valence-corrected chi connectivity index (χ1v) is 7.26. The predicted molar refractivity (Wildman–Crippen MR) is 58.8 cm³/mol.